The molecule has 0 rings (SSSR count). The van der Waals surface area contributed by atoms with Crippen LogP contribution in [0.25, 0.3) is 0 Å². The largest absolute Gasteiger partial charge is 0.481 e. The maximum atomic E-state index is 11.9. The van der Waals surface area contributed by atoms with Gasteiger partial charge >= 0.3 is 5.97 Å². The SMILES string of the molecule is COCCN(CC(=O)N(C)C)C(=O)CCCC(=O)O. The molecule has 0 fully saturated rings. The van der Waals surface area contributed by atoms with E-state index < -0.39 is 5.97 Å². The molecule has 0 aliphatic heterocycles. The molecule has 7 nitrogen and oxygen atoms in total. The number of carboxylic acid groups (broad SMARTS) is 1. The van der Waals surface area contributed by atoms with Gasteiger partial charge in [0.2, 0.25) is 11.8 Å². The van der Waals surface area contributed by atoms with Gasteiger partial charge in [-0.3, -0.25) is 14.4 Å². The predicted molar refractivity (Wildman–Crippen MR) is 68.6 cm³/mol. The Labute approximate surface area is 113 Å². The van der Waals surface area contributed by atoms with Crippen LogP contribution in [0.5, 0.6) is 0 Å². The molecule has 19 heavy (non-hydrogen) atoms. The lowest BCUT2D eigenvalue weighted by Gasteiger charge is -2.23. The summed E-state index contributed by atoms with van der Waals surface area (Å²) in [5, 5.41) is 8.52. The summed E-state index contributed by atoms with van der Waals surface area (Å²) in [4.78, 5) is 36.7. The van der Waals surface area contributed by atoms with E-state index in [2.05, 4.69) is 0 Å². The summed E-state index contributed by atoms with van der Waals surface area (Å²) < 4.78 is 4.89. The molecule has 0 bridgehead atoms. The summed E-state index contributed by atoms with van der Waals surface area (Å²) in [6.45, 7) is 0.648. The molecule has 110 valence electrons. The molecule has 0 saturated heterocycles. The number of carbonyl (C=O) groups excluding carboxylic acids is 2. The number of carbonyl (C=O) groups is 3. The van der Waals surface area contributed by atoms with Gasteiger partial charge in [0, 0.05) is 40.6 Å². The predicted octanol–water partition coefficient (Wildman–Crippen LogP) is -0.195. The Hall–Kier alpha value is -1.63. The third-order valence-corrected chi connectivity index (χ3v) is 2.52. The van der Waals surface area contributed by atoms with E-state index in [1.54, 1.807) is 14.1 Å². The molecule has 0 saturated carbocycles. The Morgan fingerprint density at radius 3 is 2.21 bits per heavy atom. The standard InChI is InChI=1S/C12H22N2O5/c1-13(2)11(16)9-14(7-8-19-3)10(15)5-4-6-12(17)18/h4-9H2,1-3H3,(H,17,18). The second-order valence-electron chi connectivity index (χ2n) is 4.34. The fourth-order valence-electron chi connectivity index (χ4n) is 1.35. The van der Waals surface area contributed by atoms with Crippen molar-refractivity contribution >= 4 is 17.8 Å². The van der Waals surface area contributed by atoms with Crippen LogP contribution in [0.1, 0.15) is 19.3 Å². The van der Waals surface area contributed by atoms with Gasteiger partial charge in [-0.15, -0.1) is 0 Å². The van der Waals surface area contributed by atoms with Gasteiger partial charge in [0.15, 0.2) is 0 Å². The lowest BCUT2D eigenvalue weighted by Crippen LogP contribution is -2.41. The number of aliphatic carboxylic acids is 1. The number of hydrogen-bond donors (Lipinski definition) is 1. The van der Waals surface area contributed by atoms with Crippen molar-refractivity contribution in [3.05, 3.63) is 0 Å². The zero-order chi connectivity index (χ0) is 14.8. The van der Waals surface area contributed by atoms with Crippen molar-refractivity contribution in [1.29, 1.82) is 0 Å². The molecule has 0 aliphatic carbocycles. The van der Waals surface area contributed by atoms with E-state index in [0.29, 0.717) is 13.2 Å². The van der Waals surface area contributed by atoms with Crippen LogP contribution in [0.2, 0.25) is 0 Å². The first kappa shape index (κ1) is 17.4. The Balaban J connectivity index is 4.34. The fourth-order valence-corrected chi connectivity index (χ4v) is 1.35. The Kier molecular flexibility index (Phi) is 8.52. The summed E-state index contributed by atoms with van der Waals surface area (Å²) in [6.07, 6.45) is 0.343. The molecule has 7 heteroatoms. The van der Waals surface area contributed by atoms with Crippen LogP contribution in [0, 0.1) is 0 Å². The first-order chi connectivity index (χ1) is 8.88. The maximum Gasteiger partial charge on any atom is 0.303 e. The van der Waals surface area contributed by atoms with Crippen molar-refractivity contribution in [1.82, 2.24) is 9.80 Å². The Morgan fingerprint density at radius 1 is 1.11 bits per heavy atom. The van der Waals surface area contributed by atoms with Crippen molar-refractivity contribution in [2.75, 3.05) is 40.9 Å². The van der Waals surface area contributed by atoms with Crippen molar-refractivity contribution < 1.29 is 24.2 Å². The highest BCUT2D eigenvalue weighted by atomic mass is 16.5. The smallest absolute Gasteiger partial charge is 0.303 e. The van der Waals surface area contributed by atoms with E-state index >= 15 is 0 Å². The van der Waals surface area contributed by atoms with Crippen LogP contribution in [-0.4, -0.2) is 73.6 Å². The highest BCUT2D eigenvalue weighted by molar-refractivity contribution is 5.84. The molecule has 0 aromatic carbocycles. The number of carboxylic acids is 1. The molecule has 1 N–H and O–H groups in total. The van der Waals surface area contributed by atoms with E-state index in [0.717, 1.165) is 0 Å². The highest BCUT2D eigenvalue weighted by Gasteiger charge is 2.17. The molecular weight excluding hydrogens is 252 g/mol. The zero-order valence-electron chi connectivity index (χ0n) is 11.7. The molecule has 0 heterocycles. The van der Waals surface area contributed by atoms with Crippen molar-refractivity contribution in [3.8, 4) is 0 Å². The molecule has 0 atom stereocenters. The highest BCUT2D eigenvalue weighted by Crippen LogP contribution is 2.02. The van der Waals surface area contributed by atoms with Crippen molar-refractivity contribution in [2.24, 2.45) is 0 Å². The Morgan fingerprint density at radius 2 is 1.74 bits per heavy atom. The molecule has 0 aromatic heterocycles. The van der Waals surface area contributed by atoms with Gasteiger partial charge in [-0.25, -0.2) is 0 Å². The minimum Gasteiger partial charge on any atom is -0.481 e. The normalized spacial score (nSPS) is 10.1. The number of hydrogen-bond acceptors (Lipinski definition) is 4. The van der Waals surface area contributed by atoms with Crippen LogP contribution in [0.15, 0.2) is 0 Å². The van der Waals surface area contributed by atoms with Crippen LogP contribution in [0.4, 0.5) is 0 Å². The number of methoxy groups -OCH3 is 1. The van der Waals surface area contributed by atoms with E-state index in [4.69, 9.17) is 9.84 Å². The second-order valence-corrected chi connectivity index (χ2v) is 4.34. The monoisotopic (exact) mass is 274 g/mol. The first-order valence-corrected chi connectivity index (χ1v) is 6.07. The molecule has 0 spiro atoms. The van der Waals surface area contributed by atoms with Gasteiger partial charge in [0.25, 0.3) is 0 Å². The third-order valence-electron chi connectivity index (χ3n) is 2.52. The minimum atomic E-state index is -0.930. The molecular formula is C12H22N2O5. The van der Waals surface area contributed by atoms with Gasteiger partial charge in [-0.05, 0) is 6.42 Å². The molecule has 0 aliphatic rings. The van der Waals surface area contributed by atoms with Gasteiger partial charge in [-0.2, -0.15) is 0 Å². The summed E-state index contributed by atoms with van der Waals surface area (Å²) in [6, 6.07) is 0. The molecule has 0 radical (unpaired) electrons. The number of likely N-dealkylation sites (N-methyl/N-ethyl adjacent to an activating group) is 1. The average molecular weight is 274 g/mol. The maximum absolute atomic E-state index is 11.9. The zero-order valence-corrected chi connectivity index (χ0v) is 11.7. The quantitative estimate of drug-likeness (QED) is 0.629. The van der Waals surface area contributed by atoms with E-state index in [-0.39, 0.29) is 37.6 Å². The number of rotatable bonds is 9. The van der Waals surface area contributed by atoms with E-state index in [1.807, 2.05) is 0 Å². The van der Waals surface area contributed by atoms with Crippen molar-refractivity contribution in [2.45, 2.75) is 19.3 Å². The van der Waals surface area contributed by atoms with Crippen molar-refractivity contribution in [3.63, 3.8) is 0 Å². The summed E-state index contributed by atoms with van der Waals surface area (Å²) >= 11 is 0. The second kappa shape index (κ2) is 9.32. The lowest BCUT2D eigenvalue weighted by atomic mass is 10.2. The topological polar surface area (TPSA) is 87.2 Å². The average Bonchev–Trinajstić information content (AvgIpc) is 2.33. The molecule has 0 unspecified atom stereocenters. The van der Waals surface area contributed by atoms with Crippen LogP contribution >= 0.6 is 0 Å². The first-order valence-electron chi connectivity index (χ1n) is 6.07. The van der Waals surface area contributed by atoms with Crippen LogP contribution in [-0.2, 0) is 19.1 Å². The minimum absolute atomic E-state index is 0.0116. The van der Waals surface area contributed by atoms with Crippen LogP contribution < -0.4 is 0 Å². The third kappa shape index (κ3) is 8.15. The van der Waals surface area contributed by atoms with E-state index in [1.165, 1.54) is 16.9 Å². The fraction of sp³-hybridized carbons (Fsp3) is 0.750. The van der Waals surface area contributed by atoms with Gasteiger partial charge in [-0.1, -0.05) is 0 Å². The number of nitrogens with zero attached hydrogens (tertiary/aromatic N) is 2. The van der Waals surface area contributed by atoms with Crippen LogP contribution in [0.3, 0.4) is 0 Å². The number of amides is 2. The summed E-state index contributed by atoms with van der Waals surface area (Å²) in [5.41, 5.74) is 0. The molecule has 2 amide bonds. The Bertz CT molecular complexity index is 317. The van der Waals surface area contributed by atoms with Gasteiger partial charge in [0.05, 0.1) is 13.2 Å². The summed E-state index contributed by atoms with van der Waals surface area (Å²) in [5.74, 6) is -1.34. The lowest BCUT2D eigenvalue weighted by molar-refractivity contribution is -0.140. The number of ether oxygens (including phenoxy) is 1. The van der Waals surface area contributed by atoms with Gasteiger partial charge < -0.3 is 19.6 Å². The van der Waals surface area contributed by atoms with E-state index in [9.17, 15) is 14.4 Å². The van der Waals surface area contributed by atoms with Gasteiger partial charge in [0.1, 0.15) is 0 Å². The molecule has 0 aromatic rings. The summed E-state index contributed by atoms with van der Waals surface area (Å²) in [7, 11) is 4.75.